The van der Waals surface area contributed by atoms with Gasteiger partial charge in [-0.15, -0.1) is 0 Å². The minimum Gasteiger partial charge on any atom is -0.258 e. The molecule has 2 aromatic carbocycles. The second kappa shape index (κ2) is 14.8. The lowest BCUT2D eigenvalue weighted by molar-refractivity contribution is 1.05. The Morgan fingerprint density at radius 3 is 1.14 bits per heavy atom. The Morgan fingerprint density at radius 2 is 0.773 bits per heavy atom. The van der Waals surface area contributed by atoms with Crippen LogP contribution >= 0.6 is 0 Å². The predicted molar refractivity (Wildman–Crippen MR) is 181 cm³/mol. The number of para-hydroxylation sites is 2. The van der Waals surface area contributed by atoms with Crippen LogP contribution < -0.4 is 0 Å². The van der Waals surface area contributed by atoms with Crippen molar-refractivity contribution in [3.05, 3.63) is 120 Å². The van der Waals surface area contributed by atoms with Gasteiger partial charge >= 0.3 is 0 Å². The first-order valence-electron chi connectivity index (χ1n) is 14.5. The largest absolute Gasteiger partial charge is 0.258 e. The second-order valence-electron chi connectivity index (χ2n) is 10.2. The van der Waals surface area contributed by atoms with Crippen LogP contribution in [0.2, 0.25) is 0 Å². The zero-order valence-corrected chi connectivity index (χ0v) is 26.7. The van der Waals surface area contributed by atoms with E-state index in [1.165, 1.54) is 0 Å². The lowest BCUT2D eigenvalue weighted by Gasteiger charge is -2.09. The Kier molecular flexibility index (Phi) is 10.6. The molecule has 0 saturated carbocycles. The smallest absolute Gasteiger partial charge is 0.0992 e. The molecule has 0 atom stereocenters. The highest BCUT2D eigenvalue weighted by Crippen LogP contribution is 2.30. The van der Waals surface area contributed by atoms with Crippen molar-refractivity contribution < 1.29 is 0 Å². The van der Waals surface area contributed by atoms with Crippen LogP contribution in [0, 0.1) is 41.5 Å². The lowest BCUT2D eigenvalue weighted by atomic mass is 10.1. The SMILES string of the molecule is C/C=C\C.Cc1nc2c3cccnc3c3ncccc3c2nc1C.Cc1nc2ccccc2nc1C.Cc1nccnc1C. The maximum Gasteiger partial charge on any atom is 0.0992 e. The van der Waals surface area contributed by atoms with Gasteiger partial charge in [0.1, 0.15) is 0 Å². The van der Waals surface area contributed by atoms with Crippen molar-refractivity contribution >= 4 is 43.9 Å². The Hall–Kier alpha value is -5.24. The average Bonchev–Trinajstić information content (AvgIpc) is 3.05. The van der Waals surface area contributed by atoms with Crippen LogP contribution in [0.1, 0.15) is 48.0 Å². The molecule has 7 aromatic rings. The number of allylic oxidation sites excluding steroid dienone is 2. The van der Waals surface area contributed by atoms with Crippen LogP contribution in [0.25, 0.3) is 43.9 Å². The summed E-state index contributed by atoms with van der Waals surface area (Å²) < 4.78 is 0. The summed E-state index contributed by atoms with van der Waals surface area (Å²) in [5.41, 5.74) is 11.4. The summed E-state index contributed by atoms with van der Waals surface area (Å²) in [5, 5.41) is 2.01. The van der Waals surface area contributed by atoms with Gasteiger partial charge in [0.15, 0.2) is 0 Å². The molecule has 222 valence electrons. The van der Waals surface area contributed by atoms with E-state index in [-0.39, 0.29) is 0 Å². The van der Waals surface area contributed by atoms with Crippen LogP contribution in [0.15, 0.2) is 85.5 Å². The molecule has 8 heteroatoms. The molecule has 7 rings (SSSR count). The lowest BCUT2D eigenvalue weighted by Crippen LogP contribution is -1.97. The fourth-order valence-corrected chi connectivity index (χ4v) is 4.20. The minimum atomic E-state index is 0.883. The van der Waals surface area contributed by atoms with Crippen molar-refractivity contribution in [1.29, 1.82) is 0 Å². The molecular weight excluding hydrogens is 544 g/mol. The van der Waals surface area contributed by atoms with Crippen molar-refractivity contribution in [3.8, 4) is 0 Å². The molecule has 0 aliphatic heterocycles. The van der Waals surface area contributed by atoms with Gasteiger partial charge in [-0.2, -0.15) is 0 Å². The predicted octanol–water partition coefficient (Wildman–Crippen LogP) is 8.27. The summed E-state index contributed by atoms with van der Waals surface area (Å²) in [6, 6.07) is 15.8. The minimum absolute atomic E-state index is 0.883. The van der Waals surface area contributed by atoms with E-state index < -0.39 is 0 Å². The van der Waals surface area contributed by atoms with Crippen LogP contribution in [0.4, 0.5) is 0 Å². The molecule has 0 bridgehead atoms. The number of hydrogen-bond acceptors (Lipinski definition) is 8. The molecule has 0 spiro atoms. The van der Waals surface area contributed by atoms with E-state index >= 15 is 0 Å². The third-order valence-corrected chi connectivity index (χ3v) is 7.10. The van der Waals surface area contributed by atoms with Gasteiger partial charge in [0.25, 0.3) is 0 Å². The quantitative estimate of drug-likeness (QED) is 0.130. The first-order valence-corrected chi connectivity index (χ1v) is 14.5. The van der Waals surface area contributed by atoms with Crippen molar-refractivity contribution in [2.75, 3.05) is 0 Å². The summed E-state index contributed by atoms with van der Waals surface area (Å²) in [7, 11) is 0. The number of aryl methyl sites for hydroxylation is 6. The number of hydrogen-bond donors (Lipinski definition) is 0. The maximum absolute atomic E-state index is 4.72. The highest BCUT2D eigenvalue weighted by molar-refractivity contribution is 6.20. The van der Waals surface area contributed by atoms with Crippen LogP contribution in [0.3, 0.4) is 0 Å². The van der Waals surface area contributed by atoms with Crippen molar-refractivity contribution in [3.63, 3.8) is 0 Å². The molecule has 44 heavy (non-hydrogen) atoms. The summed E-state index contributed by atoms with van der Waals surface area (Å²) in [6.07, 6.45) is 11.0. The molecule has 5 heterocycles. The van der Waals surface area contributed by atoms with E-state index in [9.17, 15) is 0 Å². The molecule has 5 aromatic heterocycles. The van der Waals surface area contributed by atoms with Crippen LogP contribution in [-0.2, 0) is 0 Å². The monoisotopic (exact) mass is 582 g/mol. The standard InChI is InChI=1S/C16H12N4.C10H10N2.C6H8N2.C4H8/c1-9-10(2)20-16-12-6-4-8-18-14(12)13-11(15(16)19-9)5-3-7-17-13;1-7-8(2)12-10-6-4-3-5-9(10)11-7;1-5-6(2)8-4-3-7-5;1-3-4-2/h3-8H,1-2H3;3-6H,1-2H3;3-4H,1-2H3;3-4H,1-2H3/b;;;4-3-. The number of benzene rings is 2. The third kappa shape index (κ3) is 7.39. The molecule has 0 aliphatic carbocycles. The molecule has 0 amide bonds. The van der Waals surface area contributed by atoms with Crippen molar-refractivity contribution in [2.24, 2.45) is 0 Å². The molecule has 0 fully saturated rings. The fourth-order valence-electron chi connectivity index (χ4n) is 4.20. The number of rotatable bonds is 0. The Bertz CT molecular complexity index is 1920. The normalized spacial score (nSPS) is 10.6. The Morgan fingerprint density at radius 1 is 0.386 bits per heavy atom. The van der Waals surface area contributed by atoms with E-state index in [1.807, 2.05) is 116 Å². The highest BCUT2D eigenvalue weighted by atomic mass is 14.8. The maximum atomic E-state index is 4.72. The van der Waals surface area contributed by atoms with Crippen molar-refractivity contribution in [1.82, 2.24) is 39.9 Å². The summed E-state index contributed by atoms with van der Waals surface area (Å²) in [6.45, 7) is 15.8. The van der Waals surface area contributed by atoms with E-state index in [2.05, 4.69) is 29.9 Å². The first-order chi connectivity index (χ1) is 21.2. The molecule has 0 radical (unpaired) electrons. The third-order valence-electron chi connectivity index (χ3n) is 7.10. The van der Waals surface area contributed by atoms with E-state index in [0.29, 0.717) is 0 Å². The van der Waals surface area contributed by atoms with E-state index in [1.54, 1.807) is 24.8 Å². The molecule has 0 aliphatic rings. The van der Waals surface area contributed by atoms with Gasteiger partial charge in [-0.1, -0.05) is 24.3 Å². The van der Waals surface area contributed by atoms with Gasteiger partial charge in [-0.05, 0) is 91.8 Å². The summed E-state index contributed by atoms with van der Waals surface area (Å²) in [5.74, 6) is 0. The zero-order chi connectivity index (χ0) is 31.6. The van der Waals surface area contributed by atoms with Gasteiger partial charge in [-0.3, -0.25) is 19.9 Å². The van der Waals surface area contributed by atoms with E-state index in [4.69, 9.17) is 9.97 Å². The van der Waals surface area contributed by atoms with Gasteiger partial charge in [-0.25, -0.2) is 19.9 Å². The van der Waals surface area contributed by atoms with Crippen LogP contribution in [0.5, 0.6) is 0 Å². The van der Waals surface area contributed by atoms with Gasteiger partial charge in [0.2, 0.25) is 0 Å². The molecular formula is C36H38N8. The Labute approximate surface area is 258 Å². The second-order valence-corrected chi connectivity index (χ2v) is 10.2. The topological polar surface area (TPSA) is 103 Å². The Balaban J connectivity index is 0.000000156. The number of fused-ring (bicyclic) bond motifs is 7. The van der Waals surface area contributed by atoms with Gasteiger partial charge in [0, 0.05) is 35.6 Å². The molecule has 0 unspecified atom stereocenters. The molecule has 0 N–H and O–H groups in total. The van der Waals surface area contributed by atoms with Gasteiger partial charge in [0.05, 0.1) is 67.3 Å². The van der Waals surface area contributed by atoms with Crippen molar-refractivity contribution in [2.45, 2.75) is 55.4 Å². The van der Waals surface area contributed by atoms with Crippen LogP contribution in [-0.4, -0.2) is 39.9 Å². The van der Waals surface area contributed by atoms with E-state index in [0.717, 1.165) is 78.0 Å². The first kappa shape index (κ1) is 31.7. The fraction of sp³-hybridized carbons (Fsp3) is 0.222. The number of pyridine rings is 2. The summed E-state index contributed by atoms with van der Waals surface area (Å²) in [4.78, 5) is 35.3. The number of aromatic nitrogens is 8. The zero-order valence-electron chi connectivity index (χ0n) is 26.7. The van der Waals surface area contributed by atoms with Gasteiger partial charge < -0.3 is 0 Å². The average molecular weight is 583 g/mol. The molecule has 8 nitrogen and oxygen atoms in total. The summed E-state index contributed by atoms with van der Waals surface area (Å²) >= 11 is 0. The molecule has 0 saturated heterocycles. The number of nitrogens with zero attached hydrogens (tertiary/aromatic N) is 8. The highest BCUT2D eigenvalue weighted by Gasteiger charge is 2.13.